The summed E-state index contributed by atoms with van der Waals surface area (Å²) in [5.41, 5.74) is 9.32. The molecule has 3 nitrogen and oxygen atoms in total. The monoisotopic (exact) mass is 346 g/mol. The molecule has 110 valence electrons. The molecule has 0 radical (unpaired) electrons. The fraction of sp³-hybridized carbons (Fsp3) is 0.235. The Kier molecular flexibility index (Phi) is 4.68. The van der Waals surface area contributed by atoms with Gasteiger partial charge in [-0.2, -0.15) is 0 Å². The van der Waals surface area contributed by atoms with Crippen molar-refractivity contribution in [3.63, 3.8) is 0 Å². The third kappa shape index (κ3) is 3.45. The minimum absolute atomic E-state index is 0.00868. The lowest BCUT2D eigenvalue weighted by molar-refractivity contribution is 0.0742. The smallest absolute Gasteiger partial charge is 0.254 e. The Bertz CT molecular complexity index is 670. The van der Waals surface area contributed by atoms with Crippen molar-refractivity contribution in [3.8, 4) is 0 Å². The maximum atomic E-state index is 12.6. The second-order valence-electron chi connectivity index (χ2n) is 5.23. The van der Waals surface area contributed by atoms with Gasteiger partial charge in [0.25, 0.3) is 5.91 Å². The number of nitrogens with zero attached hydrogens (tertiary/aromatic N) is 1. The molecule has 2 aromatic rings. The summed E-state index contributed by atoms with van der Waals surface area (Å²) < 4.78 is 0.943. The Morgan fingerprint density at radius 3 is 2.57 bits per heavy atom. The van der Waals surface area contributed by atoms with Crippen LogP contribution in [0.1, 0.15) is 34.5 Å². The fourth-order valence-corrected chi connectivity index (χ4v) is 2.53. The summed E-state index contributed by atoms with van der Waals surface area (Å²) in [6.07, 6.45) is 0. The lowest BCUT2D eigenvalue weighted by Crippen LogP contribution is -2.29. The molecule has 0 aliphatic heterocycles. The van der Waals surface area contributed by atoms with Crippen LogP contribution in [0.5, 0.6) is 0 Å². The molecule has 0 aromatic heterocycles. The molecule has 0 heterocycles. The number of aryl methyl sites for hydroxylation is 1. The molecule has 21 heavy (non-hydrogen) atoms. The number of rotatable bonds is 3. The van der Waals surface area contributed by atoms with Gasteiger partial charge < -0.3 is 10.6 Å². The molecule has 0 bridgehead atoms. The molecule has 0 fully saturated rings. The molecule has 0 saturated carbocycles. The van der Waals surface area contributed by atoms with Gasteiger partial charge in [0.1, 0.15) is 0 Å². The maximum absolute atomic E-state index is 12.6. The first-order valence-corrected chi connectivity index (χ1v) is 7.58. The van der Waals surface area contributed by atoms with Gasteiger partial charge >= 0.3 is 0 Å². The van der Waals surface area contributed by atoms with Gasteiger partial charge in [-0.1, -0.05) is 34.1 Å². The summed E-state index contributed by atoms with van der Waals surface area (Å²) in [4.78, 5) is 14.3. The second-order valence-corrected chi connectivity index (χ2v) is 6.08. The quantitative estimate of drug-likeness (QED) is 0.847. The van der Waals surface area contributed by atoms with Crippen molar-refractivity contribution in [1.82, 2.24) is 4.90 Å². The van der Waals surface area contributed by atoms with Crippen LogP contribution in [0.4, 0.5) is 5.69 Å². The largest absolute Gasteiger partial charge is 0.399 e. The summed E-state index contributed by atoms with van der Waals surface area (Å²) in [6.45, 7) is 3.99. The predicted octanol–water partition coefficient (Wildman–Crippen LogP) is 4.17. The predicted molar refractivity (Wildman–Crippen MR) is 90.2 cm³/mol. The van der Waals surface area contributed by atoms with E-state index in [4.69, 9.17) is 5.73 Å². The van der Waals surface area contributed by atoms with Crippen LogP contribution < -0.4 is 5.73 Å². The highest BCUT2D eigenvalue weighted by Gasteiger charge is 2.19. The topological polar surface area (TPSA) is 46.3 Å². The Hall–Kier alpha value is -1.81. The molecule has 0 saturated heterocycles. The minimum Gasteiger partial charge on any atom is -0.399 e. The second kappa shape index (κ2) is 6.31. The van der Waals surface area contributed by atoms with Crippen LogP contribution in [0.3, 0.4) is 0 Å². The number of hydrogen-bond donors (Lipinski definition) is 1. The standard InChI is InChI=1S/C17H19BrN2O/c1-11-7-8-14(10-16(11)18)17(21)20(3)12(2)13-5-4-6-15(19)9-13/h4-10,12H,19H2,1-3H3. The van der Waals surface area contributed by atoms with Crippen molar-refractivity contribution in [2.75, 3.05) is 12.8 Å². The van der Waals surface area contributed by atoms with Crippen molar-refractivity contribution < 1.29 is 4.79 Å². The van der Waals surface area contributed by atoms with Gasteiger partial charge in [-0.05, 0) is 49.2 Å². The third-order valence-electron chi connectivity index (χ3n) is 3.71. The van der Waals surface area contributed by atoms with Gasteiger partial charge in [0.2, 0.25) is 0 Å². The van der Waals surface area contributed by atoms with E-state index in [0.29, 0.717) is 11.3 Å². The number of anilines is 1. The van der Waals surface area contributed by atoms with E-state index in [1.807, 2.05) is 63.4 Å². The van der Waals surface area contributed by atoms with Crippen LogP contribution in [0.15, 0.2) is 46.9 Å². The Balaban J connectivity index is 2.24. The molecule has 2 rings (SSSR count). The molecule has 0 aliphatic carbocycles. The van der Waals surface area contributed by atoms with Crippen molar-refractivity contribution in [2.24, 2.45) is 0 Å². The van der Waals surface area contributed by atoms with Gasteiger partial charge in [-0.25, -0.2) is 0 Å². The number of carbonyl (C=O) groups is 1. The number of carbonyl (C=O) groups excluding carboxylic acids is 1. The van der Waals surface area contributed by atoms with Crippen LogP contribution in [-0.4, -0.2) is 17.9 Å². The average Bonchev–Trinajstić information content (AvgIpc) is 2.47. The average molecular weight is 347 g/mol. The number of amides is 1. The summed E-state index contributed by atoms with van der Waals surface area (Å²) in [5.74, 6) is -0.00868. The number of halogens is 1. The van der Waals surface area contributed by atoms with Crippen LogP contribution in [0, 0.1) is 6.92 Å². The number of hydrogen-bond acceptors (Lipinski definition) is 2. The van der Waals surface area contributed by atoms with E-state index in [1.54, 1.807) is 4.90 Å². The van der Waals surface area contributed by atoms with Crippen LogP contribution in [0.2, 0.25) is 0 Å². The summed E-state index contributed by atoms with van der Waals surface area (Å²) in [5, 5.41) is 0. The van der Waals surface area contributed by atoms with E-state index in [1.165, 1.54) is 0 Å². The van der Waals surface area contributed by atoms with E-state index >= 15 is 0 Å². The van der Waals surface area contributed by atoms with E-state index in [-0.39, 0.29) is 11.9 Å². The van der Waals surface area contributed by atoms with Gasteiger partial charge in [-0.15, -0.1) is 0 Å². The summed E-state index contributed by atoms with van der Waals surface area (Å²) in [7, 11) is 1.81. The first kappa shape index (κ1) is 15.6. The minimum atomic E-state index is -0.0407. The first-order valence-electron chi connectivity index (χ1n) is 6.79. The summed E-state index contributed by atoms with van der Waals surface area (Å²) >= 11 is 3.47. The van der Waals surface area contributed by atoms with E-state index in [0.717, 1.165) is 15.6 Å². The highest BCUT2D eigenvalue weighted by Crippen LogP contribution is 2.24. The highest BCUT2D eigenvalue weighted by molar-refractivity contribution is 9.10. The molecular weight excluding hydrogens is 328 g/mol. The zero-order chi connectivity index (χ0) is 15.6. The van der Waals surface area contributed by atoms with Crippen molar-refractivity contribution in [3.05, 3.63) is 63.6 Å². The normalized spacial score (nSPS) is 12.0. The zero-order valence-electron chi connectivity index (χ0n) is 12.4. The molecule has 2 N–H and O–H groups in total. The van der Waals surface area contributed by atoms with E-state index in [9.17, 15) is 4.79 Å². The Morgan fingerprint density at radius 1 is 1.24 bits per heavy atom. The molecule has 2 aromatic carbocycles. The van der Waals surface area contributed by atoms with Crippen molar-refractivity contribution in [1.29, 1.82) is 0 Å². The van der Waals surface area contributed by atoms with Crippen molar-refractivity contribution >= 4 is 27.5 Å². The lowest BCUT2D eigenvalue weighted by atomic mass is 10.1. The van der Waals surface area contributed by atoms with Gasteiger partial charge in [0.15, 0.2) is 0 Å². The van der Waals surface area contributed by atoms with E-state index in [2.05, 4.69) is 15.9 Å². The molecule has 1 amide bonds. The molecule has 1 unspecified atom stereocenters. The first-order chi connectivity index (χ1) is 9.90. The number of benzene rings is 2. The fourth-order valence-electron chi connectivity index (χ4n) is 2.15. The molecule has 1 atom stereocenters. The van der Waals surface area contributed by atoms with E-state index < -0.39 is 0 Å². The SMILES string of the molecule is Cc1ccc(C(=O)N(C)C(C)c2cccc(N)c2)cc1Br. The van der Waals surface area contributed by atoms with Crippen molar-refractivity contribution in [2.45, 2.75) is 19.9 Å². The van der Waals surface area contributed by atoms with Crippen LogP contribution in [0.25, 0.3) is 0 Å². The number of nitrogens with two attached hydrogens (primary N) is 1. The van der Waals surface area contributed by atoms with Gasteiger partial charge in [0, 0.05) is 22.8 Å². The Morgan fingerprint density at radius 2 is 1.95 bits per heavy atom. The van der Waals surface area contributed by atoms with Gasteiger partial charge in [0.05, 0.1) is 6.04 Å². The van der Waals surface area contributed by atoms with Crippen LogP contribution in [-0.2, 0) is 0 Å². The highest BCUT2D eigenvalue weighted by atomic mass is 79.9. The molecular formula is C17H19BrN2O. The van der Waals surface area contributed by atoms with Gasteiger partial charge in [-0.3, -0.25) is 4.79 Å². The third-order valence-corrected chi connectivity index (χ3v) is 4.57. The molecule has 0 spiro atoms. The summed E-state index contributed by atoms with van der Waals surface area (Å²) in [6, 6.07) is 13.2. The molecule has 4 heteroatoms. The lowest BCUT2D eigenvalue weighted by Gasteiger charge is -2.26. The van der Waals surface area contributed by atoms with Crippen LogP contribution >= 0.6 is 15.9 Å². The zero-order valence-corrected chi connectivity index (χ0v) is 14.0. The Labute approximate surface area is 133 Å². The number of nitrogen functional groups attached to an aromatic ring is 1. The maximum Gasteiger partial charge on any atom is 0.254 e. The molecule has 0 aliphatic rings.